The van der Waals surface area contributed by atoms with Gasteiger partial charge in [0.2, 0.25) is 10.0 Å². The molecule has 1 N–H and O–H groups in total. The molecule has 0 aromatic heterocycles. The van der Waals surface area contributed by atoms with Crippen molar-refractivity contribution in [3.63, 3.8) is 0 Å². The minimum Gasteiger partial charge on any atom is -0.480 e. The van der Waals surface area contributed by atoms with E-state index in [0.717, 1.165) is 11.1 Å². The molecule has 1 aromatic carbocycles. The molecule has 1 aromatic rings. The van der Waals surface area contributed by atoms with Crippen molar-refractivity contribution >= 4 is 16.0 Å². The number of hydrogen-bond acceptors (Lipinski definition) is 4. The molecule has 1 aliphatic carbocycles. The lowest BCUT2D eigenvalue weighted by Gasteiger charge is -2.32. The predicted octanol–water partition coefficient (Wildman–Crippen LogP) is 1.05. The fourth-order valence-corrected chi connectivity index (χ4v) is 5.30. The van der Waals surface area contributed by atoms with E-state index in [2.05, 4.69) is 0 Å². The van der Waals surface area contributed by atoms with Crippen molar-refractivity contribution in [2.75, 3.05) is 19.7 Å². The molecular weight excluding hydrogens is 318 g/mol. The second kappa shape index (κ2) is 6.59. The summed E-state index contributed by atoms with van der Waals surface area (Å²) in [6.07, 6.45) is 2.08. The number of aliphatic carboxylic acids is 1. The fourth-order valence-electron chi connectivity index (χ4n) is 3.38. The van der Waals surface area contributed by atoms with Crippen molar-refractivity contribution in [1.82, 2.24) is 4.31 Å². The lowest BCUT2D eigenvalue weighted by molar-refractivity contribution is -0.145. The third-order valence-corrected chi connectivity index (χ3v) is 6.90. The molecule has 0 amide bonds. The van der Waals surface area contributed by atoms with E-state index in [4.69, 9.17) is 9.84 Å². The summed E-state index contributed by atoms with van der Waals surface area (Å²) < 4.78 is 32.4. The maximum Gasteiger partial charge on any atom is 0.329 e. The second-order valence-corrected chi connectivity index (χ2v) is 8.36. The Kier molecular flexibility index (Phi) is 4.70. The number of ether oxygens (including phenoxy) is 1. The molecule has 7 heteroatoms. The molecule has 6 nitrogen and oxygen atoms in total. The first-order chi connectivity index (χ1) is 11.0. The maximum atomic E-state index is 12.8. The van der Waals surface area contributed by atoms with E-state index in [1.807, 2.05) is 24.3 Å². The van der Waals surface area contributed by atoms with Gasteiger partial charge in [0, 0.05) is 13.1 Å². The van der Waals surface area contributed by atoms with Crippen LogP contribution in [0.3, 0.4) is 0 Å². The molecule has 2 aliphatic rings. The van der Waals surface area contributed by atoms with Crippen LogP contribution in [-0.2, 0) is 32.4 Å². The Morgan fingerprint density at radius 3 is 2.26 bits per heavy atom. The summed E-state index contributed by atoms with van der Waals surface area (Å²) in [6.45, 7) is 0.480. The first-order valence-electron chi connectivity index (χ1n) is 7.86. The van der Waals surface area contributed by atoms with Gasteiger partial charge in [-0.25, -0.2) is 17.5 Å². The van der Waals surface area contributed by atoms with Crippen molar-refractivity contribution in [2.45, 2.75) is 37.0 Å². The predicted molar refractivity (Wildman–Crippen MR) is 84.7 cm³/mol. The molecule has 0 spiro atoms. The van der Waals surface area contributed by atoms with Crippen LogP contribution in [0.15, 0.2) is 24.3 Å². The molecule has 23 heavy (non-hydrogen) atoms. The zero-order valence-corrected chi connectivity index (χ0v) is 13.7. The van der Waals surface area contributed by atoms with E-state index in [-0.39, 0.29) is 18.0 Å². The van der Waals surface area contributed by atoms with Crippen LogP contribution < -0.4 is 0 Å². The number of carbonyl (C=O) groups is 1. The third-order valence-electron chi connectivity index (χ3n) is 4.64. The lowest BCUT2D eigenvalue weighted by Crippen LogP contribution is -2.45. The van der Waals surface area contributed by atoms with Gasteiger partial charge < -0.3 is 9.84 Å². The van der Waals surface area contributed by atoms with Gasteiger partial charge in [-0.15, -0.1) is 0 Å². The Bertz CT molecular complexity index is 654. The van der Waals surface area contributed by atoms with Gasteiger partial charge in [-0.3, -0.25) is 0 Å². The van der Waals surface area contributed by atoms with Crippen LogP contribution in [0, 0.1) is 0 Å². The van der Waals surface area contributed by atoms with Gasteiger partial charge in [0.25, 0.3) is 0 Å². The van der Waals surface area contributed by atoms with Crippen LogP contribution in [0.2, 0.25) is 0 Å². The number of rotatable bonds is 5. The third kappa shape index (κ3) is 3.57. The van der Waals surface area contributed by atoms with Crippen molar-refractivity contribution in [3.05, 3.63) is 35.4 Å². The van der Waals surface area contributed by atoms with Crippen molar-refractivity contribution < 1.29 is 23.1 Å². The van der Waals surface area contributed by atoms with Crippen LogP contribution in [0.25, 0.3) is 0 Å². The summed E-state index contributed by atoms with van der Waals surface area (Å²) in [4.78, 5) is 10.5. The Labute approximate surface area is 136 Å². The maximum absolute atomic E-state index is 12.8. The average Bonchev–Trinajstić information content (AvgIpc) is 2.98. The highest BCUT2D eigenvalue weighted by Gasteiger charge is 2.38. The van der Waals surface area contributed by atoms with Crippen molar-refractivity contribution in [3.8, 4) is 0 Å². The number of nitrogens with zero attached hydrogens (tertiary/aromatic N) is 1. The van der Waals surface area contributed by atoms with E-state index in [9.17, 15) is 13.2 Å². The SMILES string of the molecule is O=C(O)COC1CCN(S(=O)(=O)C2Cc3ccccc3C2)CC1. The van der Waals surface area contributed by atoms with Gasteiger partial charge in [0.15, 0.2) is 0 Å². The molecule has 1 heterocycles. The Morgan fingerprint density at radius 2 is 1.74 bits per heavy atom. The van der Waals surface area contributed by atoms with Crippen LogP contribution in [0.4, 0.5) is 0 Å². The molecule has 0 bridgehead atoms. The summed E-state index contributed by atoms with van der Waals surface area (Å²) in [6, 6.07) is 7.88. The molecule has 3 rings (SSSR count). The Balaban J connectivity index is 1.59. The topological polar surface area (TPSA) is 83.9 Å². The minimum atomic E-state index is -3.32. The van der Waals surface area contributed by atoms with E-state index in [0.29, 0.717) is 38.8 Å². The largest absolute Gasteiger partial charge is 0.480 e. The summed E-state index contributed by atoms with van der Waals surface area (Å²) in [5.41, 5.74) is 2.25. The highest BCUT2D eigenvalue weighted by atomic mass is 32.2. The number of fused-ring (bicyclic) bond motifs is 1. The van der Waals surface area contributed by atoms with Crippen molar-refractivity contribution in [1.29, 1.82) is 0 Å². The molecule has 0 radical (unpaired) electrons. The van der Waals surface area contributed by atoms with Crippen molar-refractivity contribution in [2.24, 2.45) is 0 Å². The number of hydrogen-bond donors (Lipinski definition) is 1. The average molecular weight is 339 g/mol. The smallest absolute Gasteiger partial charge is 0.329 e. The summed E-state index contributed by atoms with van der Waals surface area (Å²) >= 11 is 0. The molecule has 1 fully saturated rings. The number of carboxylic acid groups (broad SMARTS) is 1. The zero-order chi connectivity index (χ0) is 16.4. The highest BCUT2D eigenvalue weighted by Crippen LogP contribution is 2.29. The van der Waals surface area contributed by atoms with E-state index >= 15 is 0 Å². The lowest BCUT2D eigenvalue weighted by atomic mass is 10.1. The van der Waals surface area contributed by atoms with Gasteiger partial charge in [0.1, 0.15) is 6.61 Å². The van der Waals surface area contributed by atoms with Crippen LogP contribution in [0.1, 0.15) is 24.0 Å². The number of sulfonamides is 1. The molecule has 126 valence electrons. The van der Waals surface area contributed by atoms with Gasteiger partial charge in [-0.2, -0.15) is 0 Å². The molecule has 1 aliphatic heterocycles. The zero-order valence-electron chi connectivity index (χ0n) is 12.8. The molecule has 1 saturated heterocycles. The number of benzene rings is 1. The second-order valence-electron chi connectivity index (χ2n) is 6.15. The first-order valence-corrected chi connectivity index (χ1v) is 9.36. The quantitative estimate of drug-likeness (QED) is 0.867. The molecule has 0 unspecified atom stereocenters. The van der Waals surface area contributed by atoms with Crippen LogP contribution in [-0.4, -0.2) is 54.8 Å². The first kappa shape index (κ1) is 16.4. The molecule has 0 atom stereocenters. The Morgan fingerprint density at radius 1 is 1.17 bits per heavy atom. The molecular formula is C16H21NO5S. The molecule has 0 saturated carbocycles. The normalized spacial score (nSPS) is 20.5. The van der Waals surface area contributed by atoms with E-state index in [1.54, 1.807) is 4.31 Å². The highest BCUT2D eigenvalue weighted by molar-refractivity contribution is 7.89. The van der Waals surface area contributed by atoms with E-state index in [1.165, 1.54) is 0 Å². The van der Waals surface area contributed by atoms with Gasteiger partial charge in [-0.1, -0.05) is 24.3 Å². The summed E-state index contributed by atoms with van der Waals surface area (Å²) in [5, 5.41) is 8.25. The Hall–Kier alpha value is -1.44. The fraction of sp³-hybridized carbons (Fsp3) is 0.562. The number of carboxylic acids is 1. The van der Waals surface area contributed by atoms with E-state index < -0.39 is 16.0 Å². The minimum absolute atomic E-state index is 0.168. The number of piperidine rings is 1. The van der Waals surface area contributed by atoms with Gasteiger partial charge in [-0.05, 0) is 36.8 Å². The standard InChI is InChI=1S/C16H21NO5S/c18-16(19)11-22-14-5-7-17(8-6-14)23(20,21)15-9-12-3-1-2-4-13(12)10-15/h1-4,14-15H,5-11H2,(H,18,19). The van der Waals surface area contributed by atoms with Crippen LogP contribution >= 0.6 is 0 Å². The summed E-state index contributed by atoms with van der Waals surface area (Å²) in [5.74, 6) is -0.997. The van der Waals surface area contributed by atoms with Gasteiger partial charge in [0.05, 0.1) is 11.4 Å². The van der Waals surface area contributed by atoms with Crippen LogP contribution in [0.5, 0.6) is 0 Å². The van der Waals surface area contributed by atoms with Gasteiger partial charge >= 0.3 is 5.97 Å². The monoisotopic (exact) mass is 339 g/mol. The summed E-state index contributed by atoms with van der Waals surface area (Å²) in [7, 11) is -3.32.